The van der Waals surface area contributed by atoms with Crippen LogP contribution in [0.5, 0.6) is 0 Å². The lowest BCUT2D eigenvalue weighted by atomic mass is 10.2. The van der Waals surface area contributed by atoms with E-state index in [9.17, 15) is 4.79 Å². The van der Waals surface area contributed by atoms with Gasteiger partial charge in [-0.2, -0.15) is 0 Å². The van der Waals surface area contributed by atoms with Gasteiger partial charge in [-0.25, -0.2) is 0 Å². The van der Waals surface area contributed by atoms with Gasteiger partial charge in [0.15, 0.2) is 0 Å². The number of hydrogen-bond donors (Lipinski definition) is 0. The molecule has 0 aliphatic carbocycles. The summed E-state index contributed by atoms with van der Waals surface area (Å²) in [6, 6.07) is 7.59. The molecule has 0 radical (unpaired) electrons. The summed E-state index contributed by atoms with van der Waals surface area (Å²) in [6.45, 7) is 6.97. The van der Waals surface area contributed by atoms with Crippen LogP contribution in [0.1, 0.15) is 26.3 Å². The molecule has 0 atom stereocenters. The van der Waals surface area contributed by atoms with Crippen molar-refractivity contribution in [3.05, 3.63) is 34.9 Å². The highest BCUT2D eigenvalue weighted by Crippen LogP contribution is 2.23. The summed E-state index contributed by atoms with van der Waals surface area (Å²) in [5, 5.41) is 0.719. The van der Waals surface area contributed by atoms with Crippen LogP contribution in [0.25, 0.3) is 0 Å². The topological polar surface area (TPSA) is 20.3 Å². The fraction of sp³-hybridized carbons (Fsp3) is 0.500. The highest BCUT2D eigenvalue weighted by molar-refractivity contribution is 8.01. The maximum Gasteiger partial charge on any atom is 0.232 e. The van der Waals surface area contributed by atoms with Crippen molar-refractivity contribution in [2.24, 2.45) is 0 Å². The first-order chi connectivity index (χ1) is 8.28. The van der Waals surface area contributed by atoms with Crippen molar-refractivity contribution in [2.45, 2.75) is 32.1 Å². The standard InChI is InChI=1S/C14H20ClNOS/c1-14(2,3)18-10-13(17)16(4)9-11-5-7-12(15)8-6-11/h5-8H,9-10H2,1-4H3. The number of carbonyl (C=O) groups is 1. The Hall–Kier alpha value is -0.670. The van der Waals surface area contributed by atoms with E-state index in [0.29, 0.717) is 12.3 Å². The zero-order valence-electron chi connectivity index (χ0n) is 11.4. The quantitative estimate of drug-likeness (QED) is 0.838. The van der Waals surface area contributed by atoms with Crippen molar-refractivity contribution in [3.8, 4) is 0 Å². The zero-order chi connectivity index (χ0) is 13.8. The minimum Gasteiger partial charge on any atom is -0.341 e. The highest BCUT2D eigenvalue weighted by atomic mass is 35.5. The molecule has 0 bridgehead atoms. The summed E-state index contributed by atoms with van der Waals surface area (Å²) in [5.74, 6) is 0.679. The van der Waals surface area contributed by atoms with Gasteiger partial charge in [0.1, 0.15) is 0 Å². The van der Waals surface area contributed by atoms with Crippen molar-refractivity contribution < 1.29 is 4.79 Å². The lowest BCUT2D eigenvalue weighted by Crippen LogP contribution is -2.29. The van der Waals surface area contributed by atoms with Crippen LogP contribution >= 0.6 is 23.4 Å². The van der Waals surface area contributed by atoms with Gasteiger partial charge in [0.05, 0.1) is 5.75 Å². The number of hydrogen-bond acceptors (Lipinski definition) is 2. The summed E-state index contributed by atoms with van der Waals surface area (Å²) >= 11 is 7.50. The molecule has 0 fully saturated rings. The summed E-state index contributed by atoms with van der Waals surface area (Å²) in [4.78, 5) is 13.7. The van der Waals surface area contributed by atoms with E-state index in [1.165, 1.54) is 0 Å². The Morgan fingerprint density at radius 1 is 1.28 bits per heavy atom. The Morgan fingerprint density at radius 3 is 2.33 bits per heavy atom. The molecule has 1 aromatic rings. The number of carbonyl (C=O) groups excluding carboxylic acids is 1. The van der Waals surface area contributed by atoms with Crippen LogP contribution < -0.4 is 0 Å². The molecule has 4 heteroatoms. The lowest BCUT2D eigenvalue weighted by Gasteiger charge is -2.21. The maximum absolute atomic E-state index is 11.9. The molecule has 0 aliphatic heterocycles. The van der Waals surface area contributed by atoms with Gasteiger partial charge < -0.3 is 4.90 Å². The third-order valence-electron chi connectivity index (χ3n) is 2.39. The minimum atomic E-state index is 0.122. The second-order valence-corrected chi connectivity index (χ2v) is 7.52. The van der Waals surface area contributed by atoms with E-state index in [-0.39, 0.29) is 10.7 Å². The molecule has 0 unspecified atom stereocenters. The molecule has 0 saturated heterocycles. The molecule has 0 spiro atoms. The summed E-state index contributed by atoms with van der Waals surface area (Å²) in [5.41, 5.74) is 1.09. The van der Waals surface area contributed by atoms with E-state index in [2.05, 4.69) is 20.8 Å². The Kier molecular flexibility index (Phi) is 5.54. The summed E-state index contributed by atoms with van der Waals surface area (Å²) in [6.07, 6.45) is 0. The normalized spacial score (nSPS) is 11.4. The zero-order valence-corrected chi connectivity index (χ0v) is 12.9. The monoisotopic (exact) mass is 285 g/mol. The third kappa shape index (κ3) is 5.78. The molecule has 0 saturated carbocycles. The SMILES string of the molecule is CN(Cc1ccc(Cl)cc1)C(=O)CSC(C)(C)C. The van der Waals surface area contributed by atoms with Gasteiger partial charge in [0.2, 0.25) is 5.91 Å². The van der Waals surface area contributed by atoms with Crippen LogP contribution in [0.15, 0.2) is 24.3 Å². The molecule has 0 heterocycles. The van der Waals surface area contributed by atoms with E-state index < -0.39 is 0 Å². The van der Waals surface area contributed by atoms with Crippen molar-refractivity contribution in [3.63, 3.8) is 0 Å². The average molecular weight is 286 g/mol. The molecule has 1 rings (SSSR count). The third-order valence-corrected chi connectivity index (χ3v) is 3.90. The first-order valence-corrected chi connectivity index (χ1v) is 7.26. The van der Waals surface area contributed by atoms with E-state index in [1.54, 1.807) is 16.7 Å². The molecule has 100 valence electrons. The van der Waals surface area contributed by atoms with Gasteiger partial charge in [-0.3, -0.25) is 4.79 Å². The fourth-order valence-corrected chi connectivity index (χ4v) is 2.24. The predicted molar refractivity (Wildman–Crippen MR) is 80.1 cm³/mol. The number of nitrogens with zero attached hydrogens (tertiary/aromatic N) is 1. The Bertz CT molecular complexity index is 397. The lowest BCUT2D eigenvalue weighted by molar-refractivity contribution is -0.127. The van der Waals surface area contributed by atoms with Gasteiger partial charge in [-0.05, 0) is 17.7 Å². The Labute approximate surface area is 119 Å². The molecule has 2 nitrogen and oxygen atoms in total. The van der Waals surface area contributed by atoms with Crippen molar-refractivity contribution >= 4 is 29.3 Å². The van der Waals surface area contributed by atoms with Crippen LogP contribution in [-0.4, -0.2) is 28.4 Å². The summed E-state index contributed by atoms with van der Waals surface area (Å²) < 4.78 is 0.122. The first-order valence-electron chi connectivity index (χ1n) is 5.90. The van der Waals surface area contributed by atoms with Crippen LogP contribution in [0.3, 0.4) is 0 Å². The average Bonchev–Trinajstić information content (AvgIpc) is 2.28. The Morgan fingerprint density at radius 2 is 1.83 bits per heavy atom. The number of thioether (sulfide) groups is 1. The number of amides is 1. The second-order valence-electron chi connectivity index (χ2n) is 5.28. The van der Waals surface area contributed by atoms with E-state index >= 15 is 0 Å². The largest absolute Gasteiger partial charge is 0.341 e. The predicted octanol–water partition coefficient (Wildman–Crippen LogP) is 3.83. The molecular formula is C14H20ClNOS. The molecule has 0 N–H and O–H groups in total. The smallest absolute Gasteiger partial charge is 0.232 e. The van der Waals surface area contributed by atoms with Gasteiger partial charge in [-0.15, -0.1) is 11.8 Å². The number of rotatable bonds is 4. The number of benzene rings is 1. The van der Waals surface area contributed by atoms with Gasteiger partial charge in [-0.1, -0.05) is 44.5 Å². The van der Waals surface area contributed by atoms with Crippen LogP contribution in [0, 0.1) is 0 Å². The second kappa shape index (κ2) is 6.48. The van der Waals surface area contributed by atoms with E-state index in [0.717, 1.165) is 10.6 Å². The van der Waals surface area contributed by atoms with Crippen molar-refractivity contribution in [1.82, 2.24) is 4.90 Å². The van der Waals surface area contributed by atoms with Gasteiger partial charge in [0.25, 0.3) is 0 Å². The highest BCUT2D eigenvalue weighted by Gasteiger charge is 2.15. The van der Waals surface area contributed by atoms with Crippen molar-refractivity contribution in [2.75, 3.05) is 12.8 Å². The van der Waals surface area contributed by atoms with Gasteiger partial charge >= 0.3 is 0 Å². The van der Waals surface area contributed by atoms with Crippen molar-refractivity contribution in [1.29, 1.82) is 0 Å². The van der Waals surface area contributed by atoms with E-state index in [4.69, 9.17) is 11.6 Å². The van der Waals surface area contributed by atoms with E-state index in [1.807, 2.05) is 31.3 Å². The summed E-state index contributed by atoms with van der Waals surface area (Å²) in [7, 11) is 1.83. The van der Waals surface area contributed by atoms with Crippen LogP contribution in [0.4, 0.5) is 0 Å². The molecular weight excluding hydrogens is 266 g/mol. The Balaban J connectivity index is 2.47. The van der Waals surface area contributed by atoms with Crippen LogP contribution in [0.2, 0.25) is 5.02 Å². The molecule has 0 aliphatic rings. The molecule has 0 aromatic heterocycles. The molecule has 18 heavy (non-hydrogen) atoms. The first kappa shape index (κ1) is 15.4. The maximum atomic E-state index is 11.9. The fourth-order valence-electron chi connectivity index (χ4n) is 1.34. The molecule has 1 amide bonds. The minimum absolute atomic E-state index is 0.122. The van der Waals surface area contributed by atoms with Crippen LogP contribution in [-0.2, 0) is 11.3 Å². The number of halogens is 1. The molecule has 1 aromatic carbocycles. The van der Waals surface area contributed by atoms with Gasteiger partial charge in [0, 0.05) is 23.4 Å².